The van der Waals surface area contributed by atoms with Crippen LogP contribution in [0, 0.1) is 0 Å². The van der Waals surface area contributed by atoms with Crippen LogP contribution in [0.5, 0.6) is 0 Å². The Bertz CT molecular complexity index is 199. The monoisotopic (exact) mass is 380 g/mol. The number of halogens is 7. The molecule has 0 aliphatic heterocycles. The second-order valence-corrected chi connectivity index (χ2v) is 3.23. The van der Waals surface area contributed by atoms with Crippen LogP contribution < -0.4 is 0 Å². The van der Waals surface area contributed by atoms with Crippen molar-refractivity contribution in [2.45, 2.75) is 50.6 Å². The summed E-state index contributed by atoms with van der Waals surface area (Å²) in [6.07, 6.45) is -7.34. The summed E-state index contributed by atoms with van der Waals surface area (Å²) in [5.41, 5.74) is 0. The molecule has 0 aromatic carbocycles. The molecule has 0 spiro atoms. The number of unbranched alkanes of at least 4 members (excludes halogenated alkanes) is 2. The van der Waals surface area contributed by atoms with Gasteiger partial charge in [0, 0.05) is 6.42 Å². The molecule has 0 amide bonds. The van der Waals surface area contributed by atoms with Crippen molar-refractivity contribution in [1.29, 1.82) is 0 Å². The third kappa shape index (κ3) is 4.75. The predicted molar refractivity (Wildman–Crippen MR) is 48.6 cm³/mol. The van der Waals surface area contributed by atoms with E-state index in [1.165, 1.54) is 0 Å². The van der Waals surface area contributed by atoms with Crippen molar-refractivity contribution < 1.29 is 30.7 Å². The summed E-state index contributed by atoms with van der Waals surface area (Å²) in [5.74, 6) is -11.0. The van der Waals surface area contributed by atoms with Gasteiger partial charge in [-0.3, -0.25) is 0 Å². The summed E-state index contributed by atoms with van der Waals surface area (Å²) in [7, 11) is 0. The van der Waals surface area contributed by atoms with Crippen molar-refractivity contribution in [1.82, 2.24) is 0 Å². The normalized spacial score (nSPS) is 13.5. The van der Waals surface area contributed by atoms with E-state index in [1.54, 1.807) is 6.92 Å². The van der Waals surface area contributed by atoms with Gasteiger partial charge in [0.05, 0.1) is 0 Å². The Balaban J connectivity index is 0. The topological polar surface area (TPSA) is 0 Å². The minimum absolute atomic E-state index is 0. The van der Waals surface area contributed by atoms with Crippen molar-refractivity contribution >= 4 is 48.9 Å². The summed E-state index contributed by atoms with van der Waals surface area (Å²) < 4.78 is 84.4. The van der Waals surface area contributed by atoms with E-state index >= 15 is 0 Å². The van der Waals surface area contributed by atoms with Crippen LogP contribution in [0.2, 0.25) is 0 Å². The zero-order valence-electron chi connectivity index (χ0n) is 7.97. The van der Waals surface area contributed by atoms with Gasteiger partial charge in [-0.1, -0.05) is 19.8 Å². The standard InChI is InChI=1S/C8H11F7.Ba.2H/c1-2-3-4-5-6(9,10)7(11,12)8(13,14)15;;;/h2-5H2,1H3;;;. The summed E-state index contributed by atoms with van der Waals surface area (Å²) >= 11 is 0. The van der Waals surface area contributed by atoms with Gasteiger partial charge in [0.1, 0.15) is 0 Å². The fourth-order valence-corrected chi connectivity index (χ4v) is 0.961. The molecule has 8 heteroatoms. The van der Waals surface area contributed by atoms with E-state index in [2.05, 4.69) is 0 Å². The van der Waals surface area contributed by atoms with Gasteiger partial charge < -0.3 is 0 Å². The maximum atomic E-state index is 12.6. The summed E-state index contributed by atoms with van der Waals surface area (Å²) in [5, 5.41) is 0. The Morgan fingerprint density at radius 1 is 0.812 bits per heavy atom. The SMILES string of the molecule is CCCCCC(F)(F)C(F)(F)C(F)(F)F.[BaH2]. The fourth-order valence-electron chi connectivity index (χ4n) is 0.961. The summed E-state index contributed by atoms with van der Waals surface area (Å²) in [6, 6.07) is 0. The van der Waals surface area contributed by atoms with Crippen LogP contribution >= 0.6 is 0 Å². The van der Waals surface area contributed by atoms with E-state index in [0.29, 0.717) is 6.42 Å². The zero-order valence-corrected chi connectivity index (χ0v) is 7.97. The van der Waals surface area contributed by atoms with Gasteiger partial charge in [-0.2, -0.15) is 30.7 Å². The van der Waals surface area contributed by atoms with E-state index in [-0.39, 0.29) is 61.7 Å². The second-order valence-electron chi connectivity index (χ2n) is 3.23. The molecule has 0 N–H and O–H groups in total. The molecular formula is C8H13BaF7. The molecule has 0 saturated heterocycles. The third-order valence-corrected chi connectivity index (χ3v) is 1.91. The van der Waals surface area contributed by atoms with Gasteiger partial charge in [0.25, 0.3) is 0 Å². The molecule has 0 bridgehead atoms. The molecule has 0 radical (unpaired) electrons. The zero-order chi connectivity index (χ0) is 12.3. The summed E-state index contributed by atoms with van der Waals surface area (Å²) in [6.45, 7) is 1.63. The first-order chi connectivity index (χ1) is 6.56. The van der Waals surface area contributed by atoms with Crippen molar-refractivity contribution in [2.24, 2.45) is 0 Å². The van der Waals surface area contributed by atoms with Crippen LogP contribution in [0.25, 0.3) is 0 Å². The second kappa shape index (κ2) is 6.87. The molecule has 0 aliphatic carbocycles. The first-order valence-electron chi connectivity index (χ1n) is 4.38. The van der Waals surface area contributed by atoms with Crippen LogP contribution in [0.15, 0.2) is 0 Å². The van der Waals surface area contributed by atoms with Gasteiger partial charge in [0.2, 0.25) is 0 Å². The molecule has 0 nitrogen and oxygen atoms in total. The van der Waals surface area contributed by atoms with E-state index in [9.17, 15) is 30.7 Å². The van der Waals surface area contributed by atoms with E-state index in [4.69, 9.17) is 0 Å². The first-order valence-corrected chi connectivity index (χ1v) is 4.38. The van der Waals surface area contributed by atoms with Crippen LogP contribution in [-0.2, 0) is 0 Å². The predicted octanol–water partition coefficient (Wildman–Crippen LogP) is 3.48. The van der Waals surface area contributed by atoms with E-state index in [1.807, 2.05) is 0 Å². The molecule has 96 valence electrons. The quantitative estimate of drug-likeness (QED) is 0.390. The average molecular weight is 380 g/mol. The maximum absolute atomic E-state index is 12.6. The van der Waals surface area contributed by atoms with Crippen LogP contribution in [-0.4, -0.2) is 66.9 Å². The Morgan fingerprint density at radius 2 is 1.25 bits per heavy atom. The summed E-state index contributed by atoms with van der Waals surface area (Å²) in [4.78, 5) is 0. The van der Waals surface area contributed by atoms with Crippen molar-refractivity contribution in [2.75, 3.05) is 0 Å². The molecule has 0 aromatic rings. The van der Waals surface area contributed by atoms with Gasteiger partial charge in [0.15, 0.2) is 0 Å². The minimum atomic E-state index is -6.21. The van der Waals surface area contributed by atoms with Gasteiger partial charge in [-0.05, 0) is 6.42 Å². The van der Waals surface area contributed by atoms with Gasteiger partial charge in [-0.25, -0.2) is 0 Å². The van der Waals surface area contributed by atoms with Crippen LogP contribution in [0.4, 0.5) is 30.7 Å². The molecule has 0 atom stereocenters. The van der Waals surface area contributed by atoms with E-state index < -0.39 is 24.4 Å². The number of rotatable bonds is 5. The Labute approximate surface area is 129 Å². The number of hydrogen-bond donors (Lipinski definition) is 0. The Morgan fingerprint density at radius 3 is 1.56 bits per heavy atom. The van der Waals surface area contributed by atoms with Crippen molar-refractivity contribution in [3.05, 3.63) is 0 Å². The number of hydrogen-bond acceptors (Lipinski definition) is 0. The number of alkyl halides is 7. The first kappa shape index (κ1) is 19.4. The molecular weight excluding hydrogens is 366 g/mol. The average Bonchev–Trinajstić information content (AvgIpc) is 2.02. The molecule has 0 aliphatic rings. The Kier molecular flexibility index (Phi) is 8.33. The fraction of sp³-hybridized carbons (Fsp3) is 1.00. The van der Waals surface area contributed by atoms with Gasteiger partial charge >= 0.3 is 66.9 Å². The van der Waals surface area contributed by atoms with Gasteiger partial charge in [-0.15, -0.1) is 0 Å². The molecule has 0 unspecified atom stereocenters. The Hall–Kier alpha value is 1.08. The van der Waals surface area contributed by atoms with E-state index in [0.717, 1.165) is 0 Å². The molecule has 16 heavy (non-hydrogen) atoms. The molecule has 0 rings (SSSR count). The van der Waals surface area contributed by atoms with Crippen molar-refractivity contribution in [3.8, 4) is 0 Å². The molecule has 0 aromatic heterocycles. The van der Waals surface area contributed by atoms with Crippen LogP contribution in [0.3, 0.4) is 0 Å². The molecule has 0 saturated carbocycles. The van der Waals surface area contributed by atoms with Crippen molar-refractivity contribution in [3.63, 3.8) is 0 Å². The third-order valence-electron chi connectivity index (χ3n) is 1.91. The molecule has 0 fully saturated rings. The van der Waals surface area contributed by atoms with Crippen LogP contribution in [0.1, 0.15) is 32.6 Å². The molecule has 0 heterocycles.